The summed E-state index contributed by atoms with van der Waals surface area (Å²) in [6.07, 6.45) is -2.13. The van der Waals surface area contributed by atoms with Crippen LogP contribution in [0.25, 0.3) is 0 Å². The van der Waals surface area contributed by atoms with Crippen LogP contribution in [0.5, 0.6) is 0 Å². The molecule has 0 amide bonds. The van der Waals surface area contributed by atoms with Crippen molar-refractivity contribution in [1.82, 2.24) is 4.98 Å². The van der Waals surface area contributed by atoms with Gasteiger partial charge in [0.25, 0.3) is 0 Å². The molecule has 2 atom stereocenters. The van der Waals surface area contributed by atoms with Crippen LogP contribution in [-0.2, 0) is 9.53 Å². The van der Waals surface area contributed by atoms with E-state index in [1.165, 1.54) is 6.92 Å². The van der Waals surface area contributed by atoms with E-state index in [4.69, 9.17) is 0 Å². The number of halogens is 1. The largest absolute Gasteiger partial charge is 0.467 e. The molecule has 0 saturated carbocycles. The molecular formula is C10H12FNO4. The molecule has 1 heterocycles. The molecule has 16 heavy (non-hydrogen) atoms. The molecule has 2 unspecified atom stereocenters. The van der Waals surface area contributed by atoms with E-state index in [1.54, 1.807) is 0 Å². The maximum atomic E-state index is 12.7. The van der Waals surface area contributed by atoms with E-state index in [0.29, 0.717) is 5.56 Å². The highest BCUT2D eigenvalue weighted by Gasteiger charge is 2.27. The first-order chi connectivity index (χ1) is 7.47. The fourth-order valence-corrected chi connectivity index (χ4v) is 1.26. The number of methoxy groups -OCH3 is 1. The number of pyridine rings is 1. The zero-order chi connectivity index (χ0) is 12.3. The number of hydrogen-bond donors (Lipinski definition) is 2. The van der Waals surface area contributed by atoms with Gasteiger partial charge in [-0.05, 0) is 18.6 Å². The van der Waals surface area contributed by atoms with E-state index >= 15 is 0 Å². The lowest BCUT2D eigenvalue weighted by Gasteiger charge is -2.17. The molecule has 0 aliphatic rings. The average molecular weight is 229 g/mol. The minimum Gasteiger partial charge on any atom is -0.467 e. The molecule has 0 radical (unpaired) electrons. The summed E-state index contributed by atoms with van der Waals surface area (Å²) in [6.45, 7) is 1.54. The van der Waals surface area contributed by atoms with Crippen molar-refractivity contribution in [1.29, 1.82) is 0 Å². The van der Waals surface area contributed by atoms with Gasteiger partial charge >= 0.3 is 5.97 Å². The lowest BCUT2D eigenvalue weighted by atomic mass is 10.0. The summed E-state index contributed by atoms with van der Waals surface area (Å²) in [5.41, 5.74) is 0.572. The highest BCUT2D eigenvalue weighted by molar-refractivity contribution is 5.75. The lowest BCUT2D eigenvalue weighted by Crippen LogP contribution is -2.29. The Hall–Kier alpha value is -1.53. The van der Waals surface area contributed by atoms with Crippen molar-refractivity contribution in [2.24, 2.45) is 0 Å². The maximum Gasteiger partial charge on any atom is 0.337 e. The summed E-state index contributed by atoms with van der Waals surface area (Å²) in [5, 5.41) is 19.0. The van der Waals surface area contributed by atoms with Gasteiger partial charge in [-0.15, -0.1) is 0 Å². The molecule has 0 aliphatic carbocycles. The Balaban J connectivity index is 2.96. The third kappa shape index (κ3) is 2.53. The number of esters is 1. The van der Waals surface area contributed by atoms with Crippen molar-refractivity contribution < 1.29 is 24.1 Å². The summed E-state index contributed by atoms with van der Waals surface area (Å²) in [4.78, 5) is 14.3. The van der Waals surface area contributed by atoms with Gasteiger partial charge in [-0.1, -0.05) is 0 Å². The number of carbonyl (C=O) groups excluding carboxylic acids is 1. The summed E-state index contributed by atoms with van der Waals surface area (Å²) in [7, 11) is 1.09. The minimum absolute atomic E-state index is 0.180. The molecule has 0 aromatic carbocycles. The summed E-state index contributed by atoms with van der Waals surface area (Å²) in [6, 6.07) is 1.10. The zero-order valence-corrected chi connectivity index (χ0v) is 8.85. The predicted octanol–water partition coefficient (Wildman–Crippen LogP) is 0.0964. The molecule has 0 aliphatic heterocycles. The second-order valence-corrected chi connectivity index (χ2v) is 3.28. The first kappa shape index (κ1) is 12.5. The van der Waals surface area contributed by atoms with Gasteiger partial charge < -0.3 is 14.9 Å². The van der Waals surface area contributed by atoms with E-state index < -0.39 is 24.1 Å². The molecule has 6 heteroatoms. The highest BCUT2D eigenvalue weighted by Crippen LogP contribution is 2.20. The van der Waals surface area contributed by atoms with E-state index in [1.807, 2.05) is 0 Å². The van der Waals surface area contributed by atoms with Crippen LogP contribution in [0.3, 0.4) is 0 Å². The smallest absolute Gasteiger partial charge is 0.337 e. The molecule has 88 valence electrons. The SMILES string of the molecule is COC(=O)C(O)C(O)c1cnc(F)cc1C. The number of aliphatic hydroxyl groups excluding tert-OH is 2. The standard InChI is InChI=1S/C10H12FNO4/c1-5-3-7(11)12-4-6(5)8(13)9(14)10(15)16-2/h3-4,8-9,13-14H,1-2H3. The number of carbonyl (C=O) groups is 1. The molecule has 2 N–H and O–H groups in total. The number of hydrogen-bond acceptors (Lipinski definition) is 5. The normalized spacial score (nSPS) is 14.3. The third-order valence-electron chi connectivity index (χ3n) is 2.18. The van der Waals surface area contributed by atoms with Gasteiger partial charge in [0.2, 0.25) is 5.95 Å². The Morgan fingerprint density at radius 3 is 2.69 bits per heavy atom. The monoisotopic (exact) mass is 229 g/mol. The molecule has 0 saturated heterocycles. The van der Waals surface area contributed by atoms with Gasteiger partial charge in [0.05, 0.1) is 7.11 Å². The predicted molar refractivity (Wildman–Crippen MR) is 51.9 cm³/mol. The van der Waals surface area contributed by atoms with Crippen molar-refractivity contribution in [3.63, 3.8) is 0 Å². The van der Waals surface area contributed by atoms with Gasteiger partial charge in [0.15, 0.2) is 6.10 Å². The van der Waals surface area contributed by atoms with E-state index in [-0.39, 0.29) is 5.56 Å². The number of rotatable bonds is 3. The van der Waals surface area contributed by atoms with Crippen molar-refractivity contribution in [2.45, 2.75) is 19.1 Å². The van der Waals surface area contributed by atoms with Crippen molar-refractivity contribution in [2.75, 3.05) is 7.11 Å². The van der Waals surface area contributed by atoms with Crippen LogP contribution in [-0.4, -0.2) is 34.4 Å². The fourth-order valence-electron chi connectivity index (χ4n) is 1.26. The number of ether oxygens (including phenoxy) is 1. The van der Waals surface area contributed by atoms with Gasteiger partial charge in [0, 0.05) is 11.8 Å². The second kappa shape index (κ2) is 5.00. The maximum absolute atomic E-state index is 12.7. The number of aryl methyl sites for hydroxylation is 1. The summed E-state index contributed by atoms with van der Waals surface area (Å²) >= 11 is 0. The minimum atomic E-state index is -1.71. The Bertz CT molecular complexity index is 396. The highest BCUT2D eigenvalue weighted by atomic mass is 19.1. The molecular weight excluding hydrogens is 217 g/mol. The average Bonchev–Trinajstić information content (AvgIpc) is 2.26. The number of nitrogens with zero attached hydrogens (tertiary/aromatic N) is 1. The van der Waals surface area contributed by atoms with Crippen LogP contribution in [0.2, 0.25) is 0 Å². The Labute approximate surface area is 91.5 Å². The first-order valence-corrected chi connectivity index (χ1v) is 4.53. The van der Waals surface area contributed by atoms with Crippen molar-refractivity contribution >= 4 is 5.97 Å². The molecule has 0 fully saturated rings. The molecule has 0 bridgehead atoms. The second-order valence-electron chi connectivity index (χ2n) is 3.28. The summed E-state index contributed by atoms with van der Waals surface area (Å²) in [5.74, 6) is -1.66. The number of aromatic nitrogens is 1. The number of aliphatic hydroxyl groups is 2. The first-order valence-electron chi connectivity index (χ1n) is 4.53. The molecule has 1 aromatic heterocycles. The van der Waals surface area contributed by atoms with Crippen LogP contribution in [0, 0.1) is 12.9 Å². The van der Waals surface area contributed by atoms with Gasteiger partial charge in [-0.3, -0.25) is 0 Å². The van der Waals surface area contributed by atoms with Crippen molar-refractivity contribution in [3.8, 4) is 0 Å². The van der Waals surface area contributed by atoms with Crippen LogP contribution < -0.4 is 0 Å². The lowest BCUT2D eigenvalue weighted by molar-refractivity contribution is -0.156. The zero-order valence-electron chi connectivity index (χ0n) is 8.85. The van der Waals surface area contributed by atoms with Crippen LogP contribution >= 0.6 is 0 Å². The van der Waals surface area contributed by atoms with Crippen LogP contribution in [0.1, 0.15) is 17.2 Å². The fraction of sp³-hybridized carbons (Fsp3) is 0.400. The van der Waals surface area contributed by atoms with E-state index in [0.717, 1.165) is 19.4 Å². The van der Waals surface area contributed by atoms with Gasteiger partial charge in [-0.25, -0.2) is 9.78 Å². The van der Waals surface area contributed by atoms with E-state index in [9.17, 15) is 19.4 Å². The van der Waals surface area contributed by atoms with Crippen LogP contribution in [0.15, 0.2) is 12.3 Å². The van der Waals surface area contributed by atoms with Crippen molar-refractivity contribution in [3.05, 3.63) is 29.3 Å². The molecule has 1 aromatic rings. The Morgan fingerprint density at radius 2 is 2.19 bits per heavy atom. The van der Waals surface area contributed by atoms with Crippen LogP contribution in [0.4, 0.5) is 4.39 Å². The van der Waals surface area contributed by atoms with E-state index in [2.05, 4.69) is 9.72 Å². The Kier molecular flexibility index (Phi) is 3.92. The van der Waals surface area contributed by atoms with Gasteiger partial charge in [0.1, 0.15) is 6.10 Å². The molecule has 1 rings (SSSR count). The Morgan fingerprint density at radius 1 is 1.56 bits per heavy atom. The third-order valence-corrected chi connectivity index (χ3v) is 2.18. The van der Waals surface area contributed by atoms with Gasteiger partial charge in [-0.2, -0.15) is 4.39 Å². The topological polar surface area (TPSA) is 79.7 Å². The summed E-state index contributed by atoms with van der Waals surface area (Å²) < 4.78 is 17.0. The molecule has 5 nitrogen and oxygen atoms in total. The molecule has 0 spiro atoms. The quantitative estimate of drug-likeness (QED) is 0.567.